The van der Waals surface area contributed by atoms with Crippen molar-refractivity contribution in [1.29, 1.82) is 0 Å². The fourth-order valence-electron chi connectivity index (χ4n) is 3.65. The largest absolute Gasteiger partial charge is 0.381 e. The number of rotatable bonds is 3. The summed E-state index contributed by atoms with van der Waals surface area (Å²) in [6.07, 6.45) is 4.32. The molecule has 2 heterocycles. The standard InChI is InChI=1S/C18H27NO2/c1-14-4-3-5-16(12-14)15(2)19-17-6-9-21-18(13-17)7-10-20-11-8-18/h3-5,12,15,17,19H,6-11,13H2,1-2H3/t15-,17?/m1/s1. The maximum absolute atomic E-state index is 6.12. The number of nitrogens with one attached hydrogen (secondary N) is 1. The second-order valence-corrected chi connectivity index (χ2v) is 6.64. The molecule has 1 aromatic carbocycles. The van der Waals surface area contributed by atoms with Gasteiger partial charge in [-0.1, -0.05) is 29.8 Å². The molecule has 21 heavy (non-hydrogen) atoms. The van der Waals surface area contributed by atoms with Gasteiger partial charge in [0.1, 0.15) is 0 Å². The van der Waals surface area contributed by atoms with E-state index >= 15 is 0 Å². The van der Waals surface area contributed by atoms with Crippen LogP contribution in [-0.4, -0.2) is 31.5 Å². The molecular weight excluding hydrogens is 262 g/mol. The summed E-state index contributed by atoms with van der Waals surface area (Å²) in [5, 5.41) is 3.81. The molecule has 2 fully saturated rings. The van der Waals surface area contributed by atoms with Gasteiger partial charge in [-0.25, -0.2) is 0 Å². The lowest BCUT2D eigenvalue weighted by molar-refractivity contribution is -0.140. The number of ether oxygens (including phenoxy) is 2. The molecule has 0 aromatic heterocycles. The van der Waals surface area contributed by atoms with E-state index in [1.165, 1.54) is 11.1 Å². The van der Waals surface area contributed by atoms with E-state index in [9.17, 15) is 0 Å². The molecule has 1 spiro atoms. The summed E-state index contributed by atoms with van der Waals surface area (Å²) >= 11 is 0. The molecule has 3 heteroatoms. The molecule has 2 aliphatic rings. The lowest BCUT2D eigenvalue weighted by atomic mass is 9.83. The van der Waals surface area contributed by atoms with E-state index in [0.29, 0.717) is 12.1 Å². The van der Waals surface area contributed by atoms with Crippen LogP contribution in [0.15, 0.2) is 24.3 Å². The van der Waals surface area contributed by atoms with Crippen LogP contribution in [-0.2, 0) is 9.47 Å². The Labute approximate surface area is 128 Å². The van der Waals surface area contributed by atoms with Crippen LogP contribution in [0.4, 0.5) is 0 Å². The minimum atomic E-state index is 0.0699. The van der Waals surface area contributed by atoms with Gasteiger partial charge in [0.05, 0.1) is 5.60 Å². The van der Waals surface area contributed by atoms with Gasteiger partial charge >= 0.3 is 0 Å². The summed E-state index contributed by atoms with van der Waals surface area (Å²) in [5.41, 5.74) is 2.78. The van der Waals surface area contributed by atoms with E-state index in [2.05, 4.69) is 43.4 Å². The summed E-state index contributed by atoms with van der Waals surface area (Å²) in [5.74, 6) is 0. The zero-order valence-electron chi connectivity index (χ0n) is 13.2. The van der Waals surface area contributed by atoms with Crippen molar-refractivity contribution >= 4 is 0 Å². The fraction of sp³-hybridized carbons (Fsp3) is 0.667. The quantitative estimate of drug-likeness (QED) is 0.925. The van der Waals surface area contributed by atoms with Crippen LogP contribution in [0.5, 0.6) is 0 Å². The lowest BCUT2D eigenvalue weighted by Crippen LogP contribution is -2.50. The minimum Gasteiger partial charge on any atom is -0.381 e. The molecule has 1 N–H and O–H groups in total. The van der Waals surface area contributed by atoms with Crippen LogP contribution in [0.2, 0.25) is 0 Å². The van der Waals surface area contributed by atoms with Gasteiger partial charge in [-0.05, 0) is 45.1 Å². The van der Waals surface area contributed by atoms with Crippen LogP contribution in [0.1, 0.15) is 49.8 Å². The predicted octanol–water partition coefficient (Wildman–Crippen LogP) is 3.37. The Hall–Kier alpha value is -0.900. The first kappa shape index (κ1) is 15.0. The average Bonchev–Trinajstić information content (AvgIpc) is 2.48. The highest BCUT2D eigenvalue weighted by Gasteiger charge is 2.39. The van der Waals surface area contributed by atoms with Gasteiger partial charge in [-0.3, -0.25) is 0 Å². The molecule has 0 bridgehead atoms. The Morgan fingerprint density at radius 1 is 1.24 bits per heavy atom. The highest BCUT2D eigenvalue weighted by atomic mass is 16.5. The molecule has 2 aliphatic heterocycles. The van der Waals surface area contributed by atoms with Gasteiger partial charge in [-0.2, -0.15) is 0 Å². The van der Waals surface area contributed by atoms with Crippen LogP contribution < -0.4 is 5.32 Å². The van der Waals surface area contributed by atoms with Crippen molar-refractivity contribution in [2.24, 2.45) is 0 Å². The van der Waals surface area contributed by atoms with Gasteiger partial charge in [0.15, 0.2) is 0 Å². The van der Waals surface area contributed by atoms with Crippen LogP contribution in [0.3, 0.4) is 0 Å². The summed E-state index contributed by atoms with van der Waals surface area (Å²) < 4.78 is 11.6. The molecule has 2 saturated heterocycles. The van der Waals surface area contributed by atoms with Crippen molar-refractivity contribution in [3.05, 3.63) is 35.4 Å². The summed E-state index contributed by atoms with van der Waals surface area (Å²) in [6, 6.07) is 9.74. The predicted molar refractivity (Wildman–Crippen MR) is 84.5 cm³/mol. The number of aryl methyl sites for hydroxylation is 1. The molecule has 3 rings (SSSR count). The van der Waals surface area contributed by atoms with Crippen molar-refractivity contribution in [1.82, 2.24) is 5.32 Å². The maximum atomic E-state index is 6.12. The number of hydrogen-bond acceptors (Lipinski definition) is 3. The number of hydrogen-bond donors (Lipinski definition) is 1. The van der Waals surface area contributed by atoms with Gasteiger partial charge in [0.25, 0.3) is 0 Å². The summed E-state index contributed by atoms with van der Waals surface area (Å²) in [4.78, 5) is 0. The maximum Gasteiger partial charge on any atom is 0.0741 e. The Morgan fingerprint density at radius 3 is 2.81 bits per heavy atom. The van der Waals surface area contributed by atoms with Gasteiger partial charge in [0.2, 0.25) is 0 Å². The zero-order chi connectivity index (χ0) is 14.7. The summed E-state index contributed by atoms with van der Waals surface area (Å²) in [6.45, 7) is 6.99. The van der Waals surface area contributed by atoms with Crippen molar-refractivity contribution in [3.8, 4) is 0 Å². The molecule has 1 aromatic rings. The van der Waals surface area contributed by atoms with Crippen molar-refractivity contribution in [2.45, 2.75) is 57.2 Å². The van der Waals surface area contributed by atoms with Crippen molar-refractivity contribution < 1.29 is 9.47 Å². The van der Waals surface area contributed by atoms with E-state index in [1.807, 2.05) is 0 Å². The molecule has 0 radical (unpaired) electrons. The average molecular weight is 289 g/mol. The SMILES string of the molecule is Cc1cccc([C@@H](C)NC2CCOC3(CCOCC3)C2)c1. The van der Waals surface area contributed by atoms with E-state index < -0.39 is 0 Å². The summed E-state index contributed by atoms with van der Waals surface area (Å²) in [7, 11) is 0. The second-order valence-electron chi connectivity index (χ2n) is 6.64. The van der Waals surface area contributed by atoms with E-state index in [4.69, 9.17) is 9.47 Å². The minimum absolute atomic E-state index is 0.0699. The molecule has 0 saturated carbocycles. The smallest absolute Gasteiger partial charge is 0.0741 e. The van der Waals surface area contributed by atoms with Gasteiger partial charge in [-0.15, -0.1) is 0 Å². The first-order chi connectivity index (χ1) is 10.2. The molecular formula is C18H27NO2. The molecule has 3 nitrogen and oxygen atoms in total. The third-order valence-electron chi connectivity index (χ3n) is 4.92. The molecule has 0 aliphatic carbocycles. The second kappa shape index (κ2) is 6.47. The van der Waals surface area contributed by atoms with E-state index in [0.717, 1.165) is 45.5 Å². The van der Waals surface area contributed by atoms with Crippen molar-refractivity contribution in [2.75, 3.05) is 19.8 Å². The third-order valence-corrected chi connectivity index (χ3v) is 4.92. The van der Waals surface area contributed by atoms with Crippen LogP contribution in [0, 0.1) is 6.92 Å². The van der Waals surface area contributed by atoms with Crippen LogP contribution in [0.25, 0.3) is 0 Å². The number of benzene rings is 1. The Bertz CT molecular complexity index is 463. The Balaban J connectivity index is 1.61. The lowest BCUT2D eigenvalue weighted by Gasteiger charge is -2.44. The highest BCUT2D eigenvalue weighted by Crippen LogP contribution is 2.35. The molecule has 0 amide bonds. The zero-order valence-corrected chi connectivity index (χ0v) is 13.2. The van der Waals surface area contributed by atoms with Gasteiger partial charge < -0.3 is 14.8 Å². The molecule has 2 atom stereocenters. The fourth-order valence-corrected chi connectivity index (χ4v) is 3.65. The molecule has 1 unspecified atom stereocenters. The first-order valence-corrected chi connectivity index (χ1v) is 8.21. The monoisotopic (exact) mass is 289 g/mol. The first-order valence-electron chi connectivity index (χ1n) is 8.21. The van der Waals surface area contributed by atoms with Gasteiger partial charge in [0, 0.05) is 31.9 Å². The Morgan fingerprint density at radius 2 is 2.05 bits per heavy atom. The third kappa shape index (κ3) is 3.65. The van der Waals surface area contributed by atoms with Crippen molar-refractivity contribution in [3.63, 3.8) is 0 Å². The Kier molecular flexibility index (Phi) is 4.63. The normalized spacial score (nSPS) is 26.7. The van der Waals surface area contributed by atoms with E-state index in [-0.39, 0.29) is 5.60 Å². The highest BCUT2D eigenvalue weighted by molar-refractivity contribution is 5.24. The van der Waals surface area contributed by atoms with E-state index in [1.54, 1.807) is 0 Å². The molecule has 116 valence electrons. The topological polar surface area (TPSA) is 30.5 Å². The van der Waals surface area contributed by atoms with Crippen LogP contribution >= 0.6 is 0 Å².